The quantitative estimate of drug-likeness (QED) is 0.893. The summed E-state index contributed by atoms with van der Waals surface area (Å²) in [5.74, 6) is -0.690. The minimum atomic E-state index is -0.425. The van der Waals surface area contributed by atoms with Gasteiger partial charge in [0.15, 0.2) is 0 Å². The zero-order valence-corrected chi connectivity index (χ0v) is 11.7. The summed E-state index contributed by atoms with van der Waals surface area (Å²) in [5, 5.41) is 3.41. The monoisotopic (exact) mass is 296 g/mol. The Kier molecular flexibility index (Phi) is 4.57. The van der Waals surface area contributed by atoms with Crippen molar-refractivity contribution < 1.29 is 8.78 Å². The van der Waals surface area contributed by atoms with Crippen molar-refractivity contribution in [1.82, 2.24) is 0 Å². The lowest BCUT2D eigenvalue weighted by molar-refractivity contribution is 0.616. The van der Waals surface area contributed by atoms with E-state index in [4.69, 9.17) is 17.3 Å². The van der Waals surface area contributed by atoms with Crippen molar-refractivity contribution in [2.45, 2.75) is 13.0 Å². The summed E-state index contributed by atoms with van der Waals surface area (Å²) in [7, 11) is 0. The van der Waals surface area contributed by atoms with Crippen molar-refractivity contribution >= 4 is 17.3 Å². The zero-order valence-electron chi connectivity index (χ0n) is 11.0. The van der Waals surface area contributed by atoms with Gasteiger partial charge in [-0.05, 0) is 42.3 Å². The largest absolute Gasteiger partial charge is 0.377 e. The molecule has 0 fully saturated rings. The fourth-order valence-corrected chi connectivity index (χ4v) is 2.22. The first-order chi connectivity index (χ1) is 9.49. The number of halogens is 3. The van der Waals surface area contributed by atoms with Gasteiger partial charge in [0.25, 0.3) is 0 Å². The van der Waals surface area contributed by atoms with Crippen molar-refractivity contribution in [1.29, 1.82) is 0 Å². The van der Waals surface area contributed by atoms with Gasteiger partial charge in [-0.2, -0.15) is 0 Å². The molecule has 5 heteroatoms. The van der Waals surface area contributed by atoms with Gasteiger partial charge in [0.05, 0.1) is 6.04 Å². The van der Waals surface area contributed by atoms with E-state index in [0.717, 1.165) is 5.56 Å². The van der Waals surface area contributed by atoms with E-state index in [1.54, 1.807) is 25.1 Å². The first kappa shape index (κ1) is 14.8. The standard InChI is InChI=1S/C15H15ClF2N2/c1-9-4-10(2-3-14(9)18)15(8-19)20-13-6-11(16)5-12(17)7-13/h2-7,15,20H,8,19H2,1H3. The third-order valence-electron chi connectivity index (χ3n) is 3.02. The molecule has 106 valence electrons. The Morgan fingerprint density at radius 3 is 2.55 bits per heavy atom. The van der Waals surface area contributed by atoms with Crippen LogP contribution >= 0.6 is 11.6 Å². The van der Waals surface area contributed by atoms with Gasteiger partial charge in [0.1, 0.15) is 11.6 Å². The molecule has 0 aliphatic heterocycles. The van der Waals surface area contributed by atoms with E-state index in [9.17, 15) is 8.78 Å². The van der Waals surface area contributed by atoms with E-state index in [-0.39, 0.29) is 11.9 Å². The maximum Gasteiger partial charge on any atom is 0.126 e. The third kappa shape index (κ3) is 3.46. The molecule has 0 spiro atoms. The van der Waals surface area contributed by atoms with Crippen molar-refractivity contribution in [3.05, 3.63) is 64.2 Å². The molecule has 3 N–H and O–H groups in total. The molecule has 0 heterocycles. The van der Waals surface area contributed by atoms with E-state index >= 15 is 0 Å². The molecule has 1 atom stereocenters. The summed E-state index contributed by atoms with van der Waals surface area (Å²) >= 11 is 5.81. The number of nitrogens with two attached hydrogens (primary N) is 1. The summed E-state index contributed by atoms with van der Waals surface area (Å²) in [4.78, 5) is 0. The van der Waals surface area contributed by atoms with E-state index in [1.807, 2.05) is 0 Å². The molecular formula is C15H15ClF2N2. The predicted octanol–water partition coefficient (Wildman–Crippen LogP) is 4.04. The minimum absolute atomic E-state index is 0.243. The van der Waals surface area contributed by atoms with Crippen LogP contribution in [0.15, 0.2) is 36.4 Å². The highest BCUT2D eigenvalue weighted by atomic mass is 35.5. The molecule has 2 nitrogen and oxygen atoms in total. The number of nitrogens with one attached hydrogen (secondary N) is 1. The second-order valence-electron chi connectivity index (χ2n) is 4.60. The highest BCUT2D eigenvalue weighted by Gasteiger charge is 2.12. The second-order valence-corrected chi connectivity index (χ2v) is 5.04. The van der Waals surface area contributed by atoms with Gasteiger partial charge in [0, 0.05) is 17.3 Å². The van der Waals surface area contributed by atoms with E-state index in [0.29, 0.717) is 22.8 Å². The highest BCUT2D eigenvalue weighted by Crippen LogP contribution is 2.24. The van der Waals surface area contributed by atoms with Crippen LogP contribution in [0.1, 0.15) is 17.2 Å². The number of hydrogen-bond acceptors (Lipinski definition) is 2. The average molecular weight is 297 g/mol. The van der Waals surface area contributed by atoms with Gasteiger partial charge in [-0.15, -0.1) is 0 Å². The fourth-order valence-electron chi connectivity index (χ4n) is 2.00. The maximum absolute atomic E-state index is 13.3. The molecule has 0 radical (unpaired) electrons. The summed E-state index contributed by atoms with van der Waals surface area (Å²) < 4.78 is 26.6. The van der Waals surface area contributed by atoms with Crippen LogP contribution in [0.5, 0.6) is 0 Å². The van der Waals surface area contributed by atoms with Crippen molar-refractivity contribution in [2.75, 3.05) is 11.9 Å². The van der Waals surface area contributed by atoms with Crippen LogP contribution in [0.2, 0.25) is 5.02 Å². The van der Waals surface area contributed by atoms with Crippen LogP contribution < -0.4 is 11.1 Å². The molecule has 0 amide bonds. The maximum atomic E-state index is 13.3. The van der Waals surface area contributed by atoms with E-state index in [1.165, 1.54) is 18.2 Å². The number of hydrogen-bond donors (Lipinski definition) is 2. The van der Waals surface area contributed by atoms with Crippen LogP contribution in [-0.2, 0) is 0 Å². The summed E-state index contributed by atoms with van der Waals surface area (Å²) in [6.07, 6.45) is 0. The Hall–Kier alpha value is -1.65. The van der Waals surface area contributed by atoms with Gasteiger partial charge < -0.3 is 11.1 Å². The first-order valence-electron chi connectivity index (χ1n) is 6.18. The second kappa shape index (κ2) is 6.20. The number of rotatable bonds is 4. The summed E-state index contributed by atoms with van der Waals surface area (Å²) in [6, 6.07) is 8.72. The van der Waals surface area contributed by atoms with Crippen LogP contribution in [0.3, 0.4) is 0 Å². The van der Waals surface area contributed by atoms with Crippen LogP contribution in [-0.4, -0.2) is 6.54 Å². The number of anilines is 1. The summed E-state index contributed by atoms with van der Waals surface area (Å²) in [6.45, 7) is 1.98. The Morgan fingerprint density at radius 2 is 1.95 bits per heavy atom. The Labute approximate surface area is 121 Å². The number of benzene rings is 2. The lowest BCUT2D eigenvalue weighted by Gasteiger charge is -2.19. The Morgan fingerprint density at radius 1 is 1.20 bits per heavy atom. The van der Waals surface area contributed by atoms with Gasteiger partial charge in [0.2, 0.25) is 0 Å². The van der Waals surface area contributed by atoms with Gasteiger partial charge in [-0.25, -0.2) is 8.78 Å². The third-order valence-corrected chi connectivity index (χ3v) is 3.24. The molecule has 20 heavy (non-hydrogen) atoms. The average Bonchev–Trinajstić information content (AvgIpc) is 2.38. The molecule has 0 aromatic heterocycles. The molecule has 2 aromatic rings. The molecule has 0 aliphatic rings. The first-order valence-corrected chi connectivity index (χ1v) is 6.56. The minimum Gasteiger partial charge on any atom is -0.377 e. The topological polar surface area (TPSA) is 38.0 Å². The summed E-state index contributed by atoms with van der Waals surface area (Å²) in [5.41, 5.74) is 7.65. The van der Waals surface area contributed by atoms with Crippen molar-refractivity contribution in [3.63, 3.8) is 0 Å². The SMILES string of the molecule is Cc1cc(C(CN)Nc2cc(F)cc(Cl)c2)ccc1F. The molecule has 2 rings (SSSR count). The van der Waals surface area contributed by atoms with Gasteiger partial charge in [-0.1, -0.05) is 23.7 Å². The zero-order chi connectivity index (χ0) is 14.7. The molecule has 1 unspecified atom stereocenters. The number of aryl methyl sites for hydroxylation is 1. The van der Waals surface area contributed by atoms with E-state index in [2.05, 4.69) is 5.32 Å². The van der Waals surface area contributed by atoms with Crippen LogP contribution in [0, 0.1) is 18.6 Å². The smallest absolute Gasteiger partial charge is 0.126 e. The van der Waals surface area contributed by atoms with Gasteiger partial charge >= 0.3 is 0 Å². The lowest BCUT2D eigenvalue weighted by atomic mass is 10.0. The van der Waals surface area contributed by atoms with Crippen LogP contribution in [0.25, 0.3) is 0 Å². The molecular weight excluding hydrogens is 282 g/mol. The Bertz CT molecular complexity index is 597. The van der Waals surface area contributed by atoms with Gasteiger partial charge in [-0.3, -0.25) is 0 Å². The molecule has 0 saturated heterocycles. The molecule has 0 bridgehead atoms. The lowest BCUT2D eigenvalue weighted by Crippen LogP contribution is -2.20. The van der Waals surface area contributed by atoms with Crippen molar-refractivity contribution in [3.8, 4) is 0 Å². The van der Waals surface area contributed by atoms with E-state index < -0.39 is 5.82 Å². The predicted molar refractivity (Wildman–Crippen MR) is 78.0 cm³/mol. The fraction of sp³-hybridized carbons (Fsp3) is 0.200. The molecule has 0 saturated carbocycles. The van der Waals surface area contributed by atoms with Crippen LogP contribution in [0.4, 0.5) is 14.5 Å². The molecule has 0 aliphatic carbocycles. The van der Waals surface area contributed by atoms with Crippen molar-refractivity contribution in [2.24, 2.45) is 5.73 Å². The molecule has 2 aromatic carbocycles. The Balaban J connectivity index is 2.26. The highest BCUT2D eigenvalue weighted by molar-refractivity contribution is 6.30. The normalized spacial score (nSPS) is 12.2.